The Hall–Kier alpha value is -3.02. The maximum atomic E-state index is 13.6. The van der Waals surface area contributed by atoms with Crippen molar-refractivity contribution in [2.45, 2.75) is 26.8 Å². The first-order chi connectivity index (χ1) is 12.5. The van der Waals surface area contributed by atoms with Gasteiger partial charge in [-0.15, -0.1) is 0 Å². The van der Waals surface area contributed by atoms with E-state index in [1.54, 1.807) is 35.0 Å². The largest absolute Gasteiger partial charge is 0.352 e. The molecule has 26 heavy (non-hydrogen) atoms. The van der Waals surface area contributed by atoms with Crippen molar-refractivity contribution < 1.29 is 13.6 Å². The molecule has 1 aromatic heterocycles. The standard InChI is InChI=1S/C20H19F2N3O/c1-13-18(11-20(26)23-12-15-5-3-4-6-19(15)22)14(2)25(24-13)17-9-7-16(21)8-10-17/h3-10H,11-12H2,1-2H3,(H,23,26). The maximum absolute atomic E-state index is 13.6. The molecule has 2 aromatic carbocycles. The molecule has 1 heterocycles. The molecule has 0 spiro atoms. The van der Waals surface area contributed by atoms with E-state index in [-0.39, 0.29) is 30.5 Å². The highest BCUT2D eigenvalue weighted by Gasteiger charge is 2.16. The first kappa shape index (κ1) is 17.8. The Kier molecular flexibility index (Phi) is 5.11. The fourth-order valence-corrected chi connectivity index (χ4v) is 2.82. The second kappa shape index (κ2) is 7.47. The highest BCUT2D eigenvalue weighted by atomic mass is 19.1. The second-order valence-electron chi connectivity index (χ2n) is 6.08. The van der Waals surface area contributed by atoms with E-state index in [2.05, 4.69) is 10.4 Å². The molecule has 1 N–H and O–H groups in total. The van der Waals surface area contributed by atoms with Crippen molar-refractivity contribution >= 4 is 5.91 Å². The zero-order valence-electron chi connectivity index (χ0n) is 14.6. The van der Waals surface area contributed by atoms with Gasteiger partial charge in [0, 0.05) is 23.4 Å². The third-order valence-electron chi connectivity index (χ3n) is 4.28. The summed E-state index contributed by atoms with van der Waals surface area (Å²) in [5.74, 6) is -0.870. The molecule has 3 rings (SSSR count). The fourth-order valence-electron chi connectivity index (χ4n) is 2.82. The topological polar surface area (TPSA) is 46.9 Å². The monoisotopic (exact) mass is 355 g/mol. The van der Waals surface area contributed by atoms with Crippen LogP contribution in [0.1, 0.15) is 22.5 Å². The van der Waals surface area contributed by atoms with Gasteiger partial charge in [0.05, 0.1) is 17.8 Å². The fraction of sp³-hybridized carbons (Fsp3) is 0.200. The van der Waals surface area contributed by atoms with E-state index in [0.717, 1.165) is 22.6 Å². The minimum Gasteiger partial charge on any atom is -0.352 e. The predicted octanol–water partition coefficient (Wildman–Crippen LogP) is 3.63. The number of nitrogens with one attached hydrogen (secondary N) is 1. The van der Waals surface area contributed by atoms with Crippen LogP contribution in [0.2, 0.25) is 0 Å². The van der Waals surface area contributed by atoms with Crippen molar-refractivity contribution in [2.75, 3.05) is 0 Å². The molecule has 1 amide bonds. The molecule has 6 heteroatoms. The van der Waals surface area contributed by atoms with Gasteiger partial charge in [-0.1, -0.05) is 18.2 Å². The predicted molar refractivity (Wildman–Crippen MR) is 94.9 cm³/mol. The second-order valence-corrected chi connectivity index (χ2v) is 6.08. The minimum atomic E-state index is -0.343. The van der Waals surface area contributed by atoms with Crippen LogP contribution in [0.3, 0.4) is 0 Å². The van der Waals surface area contributed by atoms with Gasteiger partial charge in [0.15, 0.2) is 0 Å². The summed E-state index contributed by atoms with van der Waals surface area (Å²) in [6.07, 6.45) is 0.146. The third-order valence-corrected chi connectivity index (χ3v) is 4.28. The summed E-state index contributed by atoms with van der Waals surface area (Å²) < 4.78 is 28.4. The van der Waals surface area contributed by atoms with Crippen molar-refractivity contribution in [1.29, 1.82) is 0 Å². The number of amides is 1. The van der Waals surface area contributed by atoms with Gasteiger partial charge in [-0.05, 0) is 44.2 Å². The van der Waals surface area contributed by atoms with Crippen LogP contribution >= 0.6 is 0 Å². The molecule has 134 valence electrons. The van der Waals surface area contributed by atoms with Crippen molar-refractivity contribution in [2.24, 2.45) is 0 Å². The third kappa shape index (κ3) is 3.79. The highest BCUT2D eigenvalue weighted by molar-refractivity contribution is 5.79. The number of hydrogen-bond acceptors (Lipinski definition) is 2. The molecular weight excluding hydrogens is 336 g/mol. The van der Waals surface area contributed by atoms with Gasteiger partial charge in [0.1, 0.15) is 11.6 Å². The Balaban J connectivity index is 1.72. The number of aromatic nitrogens is 2. The van der Waals surface area contributed by atoms with Crippen LogP contribution in [-0.4, -0.2) is 15.7 Å². The van der Waals surface area contributed by atoms with Gasteiger partial charge in [-0.3, -0.25) is 4.79 Å². The van der Waals surface area contributed by atoms with Crippen LogP contribution < -0.4 is 5.32 Å². The van der Waals surface area contributed by atoms with Crippen molar-refractivity contribution in [3.63, 3.8) is 0 Å². The van der Waals surface area contributed by atoms with E-state index in [1.807, 2.05) is 13.8 Å². The molecule has 0 aliphatic heterocycles. The van der Waals surface area contributed by atoms with Gasteiger partial charge >= 0.3 is 0 Å². The lowest BCUT2D eigenvalue weighted by Crippen LogP contribution is -2.25. The molecule has 0 saturated carbocycles. The summed E-state index contributed by atoms with van der Waals surface area (Å²) in [5, 5.41) is 7.18. The molecule has 4 nitrogen and oxygen atoms in total. The van der Waals surface area contributed by atoms with Gasteiger partial charge in [0.25, 0.3) is 0 Å². The Morgan fingerprint density at radius 2 is 1.77 bits per heavy atom. The van der Waals surface area contributed by atoms with E-state index in [4.69, 9.17) is 0 Å². The van der Waals surface area contributed by atoms with E-state index >= 15 is 0 Å². The number of carbonyl (C=O) groups excluding carboxylic acids is 1. The first-order valence-corrected chi connectivity index (χ1v) is 8.27. The average molecular weight is 355 g/mol. The normalized spacial score (nSPS) is 10.8. The summed E-state index contributed by atoms with van der Waals surface area (Å²) >= 11 is 0. The summed E-state index contributed by atoms with van der Waals surface area (Å²) in [7, 11) is 0. The van der Waals surface area contributed by atoms with Crippen molar-refractivity contribution in [3.05, 3.63) is 82.7 Å². The lowest BCUT2D eigenvalue weighted by Gasteiger charge is -2.07. The van der Waals surface area contributed by atoms with E-state index in [9.17, 15) is 13.6 Å². The van der Waals surface area contributed by atoms with Gasteiger partial charge in [0.2, 0.25) is 5.91 Å². The SMILES string of the molecule is Cc1nn(-c2ccc(F)cc2)c(C)c1CC(=O)NCc1ccccc1F. The quantitative estimate of drug-likeness (QED) is 0.760. The molecule has 0 aliphatic carbocycles. The molecule has 3 aromatic rings. The number of benzene rings is 2. The molecule has 0 atom stereocenters. The number of nitrogens with zero attached hydrogens (tertiary/aromatic N) is 2. The zero-order valence-corrected chi connectivity index (χ0v) is 14.6. The summed E-state index contributed by atoms with van der Waals surface area (Å²) in [5.41, 5.74) is 3.52. The summed E-state index contributed by atoms with van der Waals surface area (Å²) in [6, 6.07) is 12.3. The van der Waals surface area contributed by atoms with Gasteiger partial charge < -0.3 is 5.32 Å². The van der Waals surface area contributed by atoms with E-state index in [1.165, 1.54) is 18.2 Å². The molecule has 0 aliphatic rings. The van der Waals surface area contributed by atoms with E-state index in [0.29, 0.717) is 5.56 Å². The van der Waals surface area contributed by atoms with Gasteiger partial charge in [-0.25, -0.2) is 13.5 Å². The van der Waals surface area contributed by atoms with Crippen LogP contribution in [0.5, 0.6) is 0 Å². The molecule has 0 unspecified atom stereocenters. The highest BCUT2D eigenvalue weighted by Crippen LogP contribution is 2.19. The van der Waals surface area contributed by atoms with Crippen LogP contribution in [0, 0.1) is 25.5 Å². The number of hydrogen-bond donors (Lipinski definition) is 1. The van der Waals surface area contributed by atoms with Crippen LogP contribution in [-0.2, 0) is 17.8 Å². The Bertz CT molecular complexity index is 933. The minimum absolute atomic E-state index is 0.135. The van der Waals surface area contributed by atoms with Crippen LogP contribution in [0.25, 0.3) is 5.69 Å². The Morgan fingerprint density at radius 1 is 1.08 bits per heavy atom. The van der Waals surface area contributed by atoms with Crippen molar-refractivity contribution in [3.8, 4) is 5.69 Å². The summed E-state index contributed by atoms with van der Waals surface area (Å²) in [6.45, 7) is 3.82. The zero-order chi connectivity index (χ0) is 18.7. The molecule has 0 fully saturated rings. The number of carbonyl (C=O) groups is 1. The number of rotatable bonds is 5. The molecular formula is C20H19F2N3O. The van der Waals surface area contributed by atoms with Crippen LogP contribution in [0.15, 0.2) is 48.5 Å². The summed E-state index contributed by atoms with van der Waals surface area (Å²) in [4.78, 5) is 12.3. The van der Waals surface area contributed by atoms with Crippen molar-refractivity contribution in [1.82, 2.24) is 15.1 Å². The molecule has 0 saturated heterocycles. The number of halogens is 2. The lowest BCUT2D eigenvalue weighted by atomic mass is 10.1. The molecule has 0 bridgehead atoms. The maximum Gasteiger partial charge on any atom is 0.224 e. The lowest BCUT2D eigenvalue weighted by molar-refractivity contribution is -0.120. The smallest absolute Gasteiger partial charge is 0.224 e. The van der Waals surface area contributed by atoms with Crippen LogP contribution in [0.4, 0.5) is 8.78 Å². The molecule has 0 radical (unpaired) electrons. The first-order valence-electron chi connectivity index (χ1n) is 8.27. The Labute approximate surface area is 150 Å². The average Bonchev–Trinajstić information content (AvgIpc) is 2.90. The Morgan fingerprint density at radius 3 is 2.46 bits per heavy atom. The number of aryl methyl sites for hydroxylation is 1. The van der Waals surface area contributed by atoms with E-state index < -0.39 is 0 Å². The van der Waals surface area contributed by atoms with Gasteiger partial charge in [-0.2, -0.15) is 5.10 Å².